The molecule has 2 rings (SSSR count). The molecule has 1 heterocycles. The normalized spacial score (nSPS) is 16.7. The van der Waals surface area contributed by atoms with Crippen LogP contribution in [0.25, 0.3) is 0 Å². The number of fused-ring (bicyclic) bond motifs is 1. The molecule has 0 saturated heterocycles. The molecule has 16 heavy (non-hydrogen) atoms. The van der Waals surface area contributed by atoms with Gasteiger partial charge in [-0.15, -0.1) is 0 Å². The number of aliphatic carboxylic acids is 1. The summed E-state index contributed by atoms with van der Waals surface area (Å²) >= 11 is 0. The first-order valence-electron chi connectivity index (χ1n) is 4.37. The molecule has 1 aliphatic rings. The molecule has 0 amide bonds. The van der Waals surface area contributed by atoms with Gasteiger partial charge in [0.05, 0.1) is 4.90 Å². The highest BCUT2D eigenvalue weighted by atomic mass is 32.2. The highest BCUT2D eigenvalue weighted by Crippen LogP contribution is 2.27. The van der Waals surface area contributed by atoms with Crippen molar-refractivity contribution in [1.29, 1.82) is 0 Å². The molecule has 0 bridgehead atoms. The van der Waals surface area contributed by atoms with Crippen LogP contribution in [0.4, 0.5) is 0 Å². The number of benzene rings is 1. The molecular weight excluding hydrogens is 232 g/mol. The lowest BCUT2D eigenvalue weighted by Crippen LogP contribution is -2.12. The van der Waals surface area contributed by atoms with E-state index in [-0.39, 0.29) is 17.0 Å². The number of nitrogens with two attached hydrogens (primary N) is 1. The minimum Gasteiger partial charge on any atom is -0.476 e. The fourth-order valence-corrected chi connectivity index (χ4v) is 2.73. The van der Waals surface area contributed by atoms with Gasteiger partial charge in [-0.2, -0.15) is 12.8 Å². The van der Waals surface area contributed by atoms with Gasteiger partial charge in [0.25, 0.3) is 10.0 Å². The maximum atomic E-state index is 11.5. The van der Waals surface area contributed by atoms with E-state index in [4.69, 9.17) is 10.8 Å². The first-order chi connectivity index (χ1) is 7.45. The molecule has 0 aliphatic carbocycles. The van der Waals surface area contributed by atoms with Crippen LogP contribution in [0.15, 0.2) is 27.5 Å². The van der Waals surface area contributed by atoms with Crippen LogP contribution in [-0.2, 0) is 21.4 Å². The lowest BCUT2D eigenvalue weighted by Gasteiger charge is -2.01. The van der Waals surface area contributed by atoms with Crippen molar-refractivity contribution >= 4 is 21.7 Å². The minimum atomic E-state index is -3.88. The molecule has 1 aliphatic heterocycles. The van der Waals surface area contributed by atoms with Crippen molar-refractivity contribution in [2.24, 2.45) is 10.1 Å². The summed E-state index contributed by atoms with van der Waals surface area (Å²) < 4.78 is 26.3. The van der Waals surface area contributed by atoms with Crippen LogP contribution in [0.1, 0.15) is 11.1 Å². The van der Waals surface area contributed by atoms with E-state index < -0.39 is 21.7 Å². The van der Waals surface area contributed by atoms with E-state index >= 15 is 0 Å². The van der Waals surface area contributed by atoms with Gasteiger partial charge in [0.15, 0.2) is 5.71 Å². The first kappa shape index (κ1) is 10.8. The number of carboxylic acids is 1. The molecule has 0 atom stereocenters. The van der Waals surface area contributed by atoms with Crippen LogP contribution in [-0.4, -0.2) is 25.2 Å². The zero-order valence-electron chi connectivity index (χ0n) is 8.04. The van der Waals surface area contributed by atoms with Crippen LogP contribution in [0.5, 0.6) is 0 Å². The predicted molar refractivity (Wildman–Crippen MR) is 55.7 cm³/mol. The molecule has 0 spiro atoms. The molecule has 3 N–H and O–H groups in total. The summed E-state index contributed by atoms with van der Waals surface area (Å²) in [5.74, 6) is -1.36. The smallest absolute Gasteiger partial charge is 0.356 e. The summed E-state index contributed by atoms with van der Waals surface area (Å²) in [7, 11) is -3.88. The SMILES string of the molecule is NCc1ccc2c(c1)S(=O)(=O)N=C2C(=O)O. The van der Waals surface area contributed by atoms with Crippen molar-refractivity contribution in [2.75, 3.05) is 0 Å². The van der Waals surface area contributed by atoms with Crippen molar-refractivity contribution in [2.45, 2.75) is 11.4 Å². The van der Waals surface area contributed by atoms with Gasteiger partial charge in [0.2, 0.25) is 0 Å². The van der Waals surface area contributed by atoms with E-state index in [0.29, 0.717) is 5.56 Å². The summed E-state index contributed by atoms with van der Waals surface area (Å²) in [4.78, 5) is 10.7. The maximum Gasteiger partial charge on any atom is 0.356 e. The number of hydrogen-bond acceptors (Lipinski definition) is 4. The van der Waals surface area contributed by atoms with Crippen LogP contribution in [0, 0.1) is 0 Å². The van der Waals surface area contributed by atoms with Crippen molar-refractivity contribution in [3.8, 4) is 0 Å². The van der Waals surface area contributed by atoms with E-state index in [1.807, 2.05) is 0 Å². The Balaban J connectivity index is 2.71. The Hall–Kier alpha value is -1.73. The molecule has 1 aromatic rings. The molecule has 0 aromatic heterocycles. The van der Waals surface area contributed by atoms with Crippen molar-refractivity contribution in [1.82, 2.24) is 0 Å². The molecule has 1 aromatic carbocycles. The van der Waals surface area contributed by atoms with Gasteiger partial charge in [0.1, 0.15) is 0 Å². The fraction of sp³-hybridized carbons (Fsp3) is 0.111. The second kappa shape index (κ2) is 3.39. The quantitative estimate of drug-likeness (QED) is 0.738. The summed E-state index contributed by atoms with van der Waals surface area (Å²) in [6.07, 6.45) is 0. The first-order valence-corrected chi connectivity index (χ1v) is 5.81. The third-order valence-electron chi connectivity index (χ3n) is 2.23. The second-order valence-electron chi connectivity index (χ2n) is 3.25. The monoisotopic (exact) mass is 240 g/mol. The summed E-state index contributed by atoms with van der Waals surface area (Å²) in [5, 5.41) is 8.80. The van der Waals surface area contributed by atoms with Crippen molar-refractivity contribution in [3.63, 3.8) is 0 Å². The predicted octanol–water partition coefficient (Wildman–Crippen LogP) is -0.279. The van der Waals surface area contributed by atoms with Crippen LogP contribution < -0.4 is 5.73 Å². The highest BCUT2D eigenvalue weighted by molar-refractivity contribution is 7.90. The molecule has 84 valence electrons. The van der Waals surface area contributed by atoms with Crippen molar-refractivity contribution in [3.05, 3.63) is 29.3 Å². The third kappa shape index (κ3) is 1.50. The van der Waals surface area contributed by atoms with Crippen LogP contribution >= 0.6 is 0 Å². The van der Waals surface area contributed by atoms with Gasteiger partial charge in [-0.1, -0.05) is 12.1 Å². The standard InChI is InChI=1S/C9H8N2O4S/c10-4-5-1-2-6-7(3-5)16(14,15)11-8(6)9(12)13/h1-3H,4,10H2,(H,12,13). The van der Waals surface area contributed by atoms with E-state index in [2.05, 4.69) is 4.40 Å². The van der Waals surface area contributed by atoms with Gasteiger partial charge < -0.3 is 10.8 Å². The number of carbonyl (C=O) groups is 1. The zero-order valence-corrected chi connectivity index (χ0v) is 8.86. The van der Waals surface area contributed by atoms with Gasteiger partial charge in [-0.25, -0.2) is 4.79 Å². The number of rotatable bonds is 2. The Labute approximate surface area is 91.5 Å². The zero-order chi connectivity index (χ0) is 11.9. The molecule has 0 unspecified atom stereocenters. The molecule has 0 saturated carbocycles. The Kier molecular flexibility index (Phi) is 2.28. The Morgan fingerprint density at radius 2 is 2.12 bits per heavy atom. The molecule has 0 radical (unpaired) electrons. The second-order valence-corrected chi connectivity index (χ2v) is 4.83. The number of nitrogens with zero attached hydrogens (tertiary/aromatic N) is 1. The topological polar surface area (TPSA) is 110 Å². The molecule has 6 nitrogen and oxygen atoms in total. The van der Waals surface area contributed by atoms with Gasteiger partial charge in [0, 0.05) is 12.1 Å². The Morgan fingerprint density at radius 1 is 1.44 bits per heavy atom. The van der Waals surface area contributed by atoms with Gasteiger partial charge in [-0.3, -0.25) is 0 Å². The summed E-state index contributed by atoms with van der Waals surface area (Å²) in [5.41, 5.74) is 5.66. The average Bonchev–Trinajstić information content (AvgIpc) is 2.51. The highest BCUT2D eigenvalue weighted by Gasteiger charge is 2.32. The third-order valence-corrected chi connectivity index (χ3v) is 3.55. The van der Waals surface area contributed by atoms with E-state index in [1.54, 1.807) is 6.07 Å². The maximum absolute atomic E-state index is 11.5. The largest absolute Gasteiger partial charge is 0.476 e. The van der Waals surface area contributed by atoms with E-state index in [0.717, 1.165) is 0 Å². The minimum absolute atomic E-state index is 0.0900. The fourth-order valence-electron chi connectivity index (χ4n) is 1.48. The Bertz CT molecular complexity index is 604. The lowest BCUT2D eigenvalue weighted by molar-refractivity contribution is -0.129. The number of hydrogen-bond donors (Lipinski definition) is 2. The van der Waals surface area contributed by atoms with Crippen molar-refractivity contribution < 1.29 is 18.3 Å². The van der Waals surface area contributed by atoms with Gasteiger partial charge >= 0.3 is 5.97 Å². The average molecular weight is 240 g/mol. The van der Waals surface area contributed by atoms with E-state index in [1.165, 1.54) is 12.1 Å². The molecule has 0 fully saturated rings. The summed E-state index contributed by atoms with van der Waals surface area (Å²) in [6.45, 7) is 0.186. The molecule has 7 heteroatoms. The Morgan fingerprint density at radius 3 is 2.69 bits per heavy atom. The summed E-state index contributed by atoms with van der Waals surface area (Å²) in [6, 6.07) is 4.34. The van der Waals surface area contributed by atoms with E-state index in [9.17, 15) is 13.2 Å². The lowest BCUT2D eigenvalue weighted by atomic mass is 10.1. The van der Waals surface area contributed by atoms with Gasteiger partial charge in [-0.05, 0) is 11.6 Å². The van der Waals surface area contributed by atoms with Crippen LogP contribution in [0.3, 0.4) is 0 Å². The number of sulfonamides is 1. The van der Waals surface area contributed by atoms with Crippen LogP contribution in [0.2, 0.25) is 0 Å². The number of carboxylic acid groups (broad SMARTS) is 1. The molecular formula is C9H8N2O4S.